The van der Waals surface area contributed by atoms with Crippen molar-refractivity contribution in [3.8, 4) is 0 Å². The van der Waals surface area contributed by atoms with Gasteiger partial charge in [-0.15, -0.1) is 0 Å². The molecule has 5 heteroatoms. The van der Waals surface area contributed by atoms with E-state index in [1.165, 1.54) is 6.92 Å². The zero-order valence-corrected chi connectivity index (χ0v) is 4.29. The maximum atomic E-state index is 9.69. The summed E-state index contributed by atoms with van der Waals surface area (Å²) in [5.74, 6) is -0.426. The first-order chi connectivity index (χ1) is 3.72. The van der Waals surface area contributed by atoms with Crippen LogP contribution in [-0.2, 0) is 0 Å². The lowest BCUT2D eigenvalue weighted by molar-refractivity contribution is -0.427. The van der Waals surface area contributed by atoms with Crippen LogP contribution in [0.3, 0.4) is 0 Å². The highest BCUT2D eigenvalue weighted by atomic mass is 16.6. The maximum Gasteiger partial charge on any atom is 0.385 e. The molecule has 0 aromatic heterocycles. The zero-order valence-electron chi connectivity index (χ0n) is 4.29. The van der Waals surface area contributed by atoms with E-state index in [-0.39, 0.29) is 0 Å². The Morgan fingerprint density at radius 3 is 2.50 bits per heavy atom. The molecule has 0 amide bonds. The van der Waals surface area contributed by atoms with Gasteiger partial charge >= 0.3 is 5.82 Å². The molecule has 1 N–H and O–H groups in total. The molecule has 0 bridgehead atoms. The molecule has 0 aliphatic carbocycles. The summed E-state index contributed by atoms with van der Waals surface area (Å²) in [7, 11) is 0. The quantitative estimate of drug-likeness (QED) is 0.333. The van der Waals surface area contributed by atoms with Crippen LogP contribution in [0.15, 0.2) is 17.0 Å². The first kappa shape index (κ1) is 6.74. The second kappa shape index (κ2) is 2.84. The Hall–Kier alpha value is -1.26. The molecule has 0 aliphatic rings. The van der Waals surface area contributed by atoms with Crippen LogP contribution >= 0.6 is 0 Å². The summed E-state index contributed by atoms with van der Waals surface area (Å²) < 4.78 is 0. The smallest absolute Gasteiger partial charge is 0.358 e. The molecule has 0 aliphatic heterocycles. The molecular weight excluding hydrogens is 110 g/mol. The number of nitrogens with zero attached hydrogens (tertiary/aromatic N) is 2. The molecule has 0 rings (SSSR count). The van der Waals surface area contributed by atoms with Gasteiger partial charge in [-0.05, 0) is 11.8 Å². The highest BCUT2D eigenvalue weighted by Crippen LogP contribution is 1.93. The SMILES string of the molecule is CC=C(N=N)[N+](=O)[O-]. The fourth-order valence-corrected chi connectivity index (χ4v) is 0.211. The van der Waals surface area contributed by atoms with E-state index in [9.17, 15) is 10.1 Å². The first-order valence-corrected chi connectivity index (χ1v) is 1.90. The molecular formula is C3H5N3O2. The normalized spacial score (nSPS) is 10.9. The molecule has 44 valence electrons. The van der Waals surface area contributed by atoms with E-state index in [4.69, 9.17) is 5.53 Å². The minimum Gasteiger partial charge on any atom is -0.358 e. The minimum absolute atomic E-state index is 0.426. The van der Waals surface area contributed by atoms with Gasteiger partial charge in [0.15, 0.2) is 0 Å². The van der Waals surface area contributed by atoms with Crippen molar-refractivity contribution in [3.05, 3.63) is 22.0 Å². The predicted octanol–water partition coefficient (Wildman–Crippen LogP) is 1.16. The third-order valence-corrected chi connectivity index (χ3v) is 0.560. The summed E-state index contributed by atoms with van der Waals surface area (Å²) in [6.45, 7) is 1.45. The molecule has 0 saturated carbocycles. The Bertz CT molecular complexity index is 139. The van der Waals surface area contributed by atoms with Gasteiger partial charge < -0.3 is 10.1 Å². The first-order valence-electron chi connectivity index (χ1n) is 1.90. The Balaban J connectivity index is 4.13. The average Bonchev–Trinajstić information content (AvgIpc) is 1.69. The molecule has 0 atom stereocenters. The van der Waals surface area contributed by atoms with Crippen molar-refractivity contribution in [1.29, 1.82) is 5.53 Å². The van der Waals surface area contributed by atoms with Crippen LogP contribution in [0.4, 0.5) is 0 Å². The molecule has 8 heavy (non-hydrogen) atoms. The van der Waals surface area contributed by atoms with Crippen molar-refractivity contribution in [2.45, 2.75) is 6.92 Å². The Kier molecular flexibility index (Phi) is 2.39. The Morgan fingerprint density at radius 1 is 2.00 bits per heavy atom. The van der Waals surface area contributed by atoms with E-state index < -0.39 is 10.7 Å². The number of nitro groups is 1. The van der Waals surface area contributed by atoms with Gasteiger partial charge in [0.2, 0.25) is 0 Å². The van der Waals surface area contributed by atoms with Gasteiger partial charge in [-0.2, -0.15) is 0 Å². The lowest BCUT2D eigenvalue weighted by Gasteiger charge is -1.84. The van der Waals surface area contributed by atoms with Gasteiger partial charge in [0.25, 0.3) is 0 Å². The summed E-state index contributed by atoms with van der Waals surface area (Å²) in [4.78, 5) is 8.97. The molecule has 0 fully saturated rings. The lowest BCUT2D eigenvalue weighted by atomic mass is 10.6. The predicted molar refractivity (Wildman–Crippen MR) is 25.9 cm³/mol. The van der Waals surface area contributed by atoms with Gasteiger partial charge in [-0.3, -0.25) is 0 Å². The number of allylic oxidation sites excluding steroid dienone is 1. The van der Waals surface area contributed by atoms with Crippen molar-refractivity contribution < 1.29 is 4.92 Å². The van der Waals surface area contributed by atoms with E-state index >= 15 is 0 Å². The standard InChI is InChI=1S/C3H5N3O2/c1-2-3(5-4)6(7)8/h2,4H,1H3. The van der Waals surface area contributed by atoms with Crippen molar-refractivity contribution in [1.82, 2.24) is 0 Å². The number of hydrogen-bond acceptors (Lipinski definition) is 4. The van der Waals surface area contributed by atoms with E-state index in [1.54, 1.807) is 0 Å². The average molecular weight is 115 g/mol. The van der Waals surface area contributed by atoms with Crippen LogP contribution in [0.5, 0.6) is 0 Å². The van der Waals surface area contributed by atoms with Crippen LogP contribution in [0.25, 0.3) is 0 Å². The molecule has 5 nitrogen and oxygen atoms in total. The monoisotopic (exact) mass is 115 g/mol. The third-order valence-electron chi connectivity index (χ3n) is 0.560. The summed E-state index contributed by atoms with van der Waals surface area (Å²) in [6.07, 6.45) is 1.16. The van der Waals surface area contributed by atoms with Gasteiger partial charge in [0, 0.05) is 6.08 Å². The third kappa shape index (κ3) is 1.46. The molecule has 0 aromatic rings. The van der Waals surface area contributed by atoms with Gasteiger partial charge in [0.05, 0.1) is 5.11 Å². The molecule has 0 saturated heterocycles. The van der Waals surface area contributed by atoms with E-state index in [0.29, 0.717) is 0 Å². The van der Waals surface area contributed by atoms with E-state index in [2.05, 4.69) is 5.11 Å². The van der Waals surface area contributed by atoms with Gasteiger partial charge in [-0.25, -0.2) is 0 Å². The van der Waals surface area contributed by atoms with Crippen molar-refractivity contribution in [3.63, 3.8) is 0 Å². The highest BCUT2D eigenvalue weighted by molar-refractivity contribution is 4.82. The lowest BCUT2D eigenvalue weighted by Crippen LogP contribution is -1.92. The number of nitrogens with one attached hydrogen (secondary N) is 1. The maximum absolute atomic E-state index is 9.69. The van der Waals surface area contributed by atoms with Crippen LogP contribution in [0, 0.1) is 15.6 Å². The Labute approximate surface area is 45.7 Å². The van der Waals surface area contributed by atoms with Crippen LogP contribution < -0.4 is 0 Å². The van der Waals surface area contributed by atoms with Crippen molar-refractivity contribution in [2.24, 2.45) is 5.11 Å². The Morgan fingerprint density at radius 2 is 2.50 bits per heavy atom. The molecule has 0 aromatic carbocycles. The summed E-state index contributed by atoms with van der Waals surface area (Å²) >= 11 is 0. The molecule has 0 spiro atoms. The van der Waals surface area contributed by atoms with Crippen molar-refractivity contribution >= 4 is 0 Å². The van der Waals surface area contributed by atoms with Crippen LogP contribution in [0.2, 0.25) is 0 Å². The number of rotatable bonds is 2. The molecule has 0 radical (unpaired) electrons. The topological polar surface area (TPSA) is 79.3 Å². The van der Waals surface area contributed by atoms with E-state index in [0.717, 1.165) is 6.08 Å². The molecule has 0 heterocycles. The summed E-state index contributed by atoms with van der Waals surface area (Å²) in [5, 5.41) is 12.3. The van der Waals surface area contributed by atoms with Crippen molar-refractivity contribution in [2.75, 3.05) is 0 Å². The fourth-order valence-electron chi connectivity index (χ4n) is 0.211. The highest BCUT2D eigenvalue weighted by Gasteiger charge is 2.02. The van der Waals surface area contributed by atoms with Crippen LogP contribution in [-0.4, -0.2) is 4.92 Å². The molecule has 0 unspecified atom stereocenters. The largest absolute Gasteiger partial charge is 0.385 e. The van der Waals surface area contributed by atoms with Crippen LogP contribution in [0.1, 0.15) is 6.92 Å². The van der Waals surface area contributed by atoms with Gasteiger partial charge in [0.1, 0.15) is 0 Å². The number of hydrogen-bond donors (Lipinski definition) is 1. The zero-order chi connectivity index (χ0) is 6.57. The second-order valence-electron chi connectivity index (χ2n) is 1.02. The van der Waals surface area contributed by atoms with E-state index in [1.807, 2.05) is 0 Å². The minimum atomic E-state index is -0.715. The summed E-state index contributed by atoms with van der Waals surface area (Å²) in [6, 6.07) is 0. The second-order valence-corrected chi connectivity index (χ2v) is 1.02. The fraction of sp³-hybridized carbons (Fsp3) is 0.333. The summed E-state index contributed by atoms with van der Waals surface area (Å²) in [5.41, 5.74) is 6.21. The van der Waals surface area contributed by atoms with Gasteiger partial charge in [-0.1, -0.05) is 5.53 Å².